The maximum Gasteiger partial charge on any atom is 0.338 e. The van der Waals surface area contributed by atoms with Gasteiger partial charge >= 0.3 is 5.97 Å². The van der Waals surface area contributed by atoms with Crippen molar-refractivity contribution in [1.29, 1.82) is 0 Å². The summed E-state index contributed by atoms with van der Waals surface area (Å²) in [4.78, 5) is 23.7. The first-order valence-electron chi connectivity index (χ1n) is 7.42. The molecule has 0 atom stereocenters. The summed E-state index contributed by atoms with van der Waals surface area (Å²) in [5.74, 6) is -0.553. The molecule has 2 rings (SSSR count). The van der Waals surface area contributed by atoms with Crippen molar-refractivity contribution in [1.82, 2.24) is 0 Å². The first-order valence-corrected chi connectivity index (χ1v) is 7.42. The first kappa shape index (κ1) is 16.5. The van der Waals surface area contributed by atoms with Crippen molar-refractivity contribution in [3.63, 3.8) is 0 Å². The van der Waals surface area contributed by atoms with Gasteiger partial charge in [0.25, 0.3) is 5.91 Å². The van der Waals surface area contributed by atoms with E-state index in [1.807, 2.05) is 36.4 Å². The Balaban J connectivity index is 2.02. The van der Waals surface area contributed by atoms with Crippen LogP contribution in [-0.2, 0) is 9.53 Å². The number of hydrogen-bond acceptors (Lipinski definition) is 3. The highest BCUT2D eigenvalue weighted by molar-refractivity contribution is 6.06. The highest BCUT2D eigenvalue weighted by Gasteiger charge is 2.08. The number of ether oxygens (including phenoxy) is 1. The van der Waals surface area contributed by atoms with Gasteiger partial charge < -0.3 is 10.1 Å². The molecule has 2 aromatic rings. The van der Waals surface area contributed by atoms with Crippen LogP contribution in [0.3, 0.4) is 0 Å². The lowest BCUT2D eigenvalue weighted by molar-refractivity contribution is -0.112. The number of esters is 1. The fourth-order valence-corrected chi connectivity index (χ4v) is 2.00. The SMILES string of the molecule is CCOC(=O)c1ccc(NC(=O)C(C)=Cc2ccccc2)cc1. The third kappa shape index (κ3) is 4.81. The largest absolute Gasteiger partial charge is 0.462 e. The summed E-state index contributed by atoms with van der Waals surface area (Å²) in [7, 11) is 0. The van der Waals surface area contributed by atoms with Gasteiger partial charge in [0, 0.05) is 11.3 Å². The summed E-state index contributed by atoms with van der Waals surface area (Å²) < 4.78 is 4.92. The Bertz CT molecular complexity index is 703. The molecule has 0 aliphatic rings. The molecule has 4 heteroatoms. The van der Waals surface area contributed by atoms with Crippen LogP contribution in [0.4, 0.5) is 5.69 Å². The molecule has 0 fully saturated rings. The highest BCUT2D eigenvalue weighted by Crippen LogP contribution is 2.13. The molecule has 0 aliphatic carbocycles. The molecule has 1 amide bonds. The summed E-state index contributed by atoms with van der Waals surface area (Å²) in [6.45, 7) is 3.85. The second-order valence-electron chi connectivity index (χ2n) is 4.99. The average Bonchev–Trinajstić information content (AvgIpc) is 2.56. The van der Waals surface area contributed by atoms with Crippen molar-refractivity contribution < 1.29 is 14.3 Å². The van der Waals surface area contributed by atoms with Gasteiger partial charge in [-0.05, 0) is 49.8 Å². The van der Waals surface area contributed by atoms with Crippen LogP contribution >= 0.6 is 0 Å². The molecule has 0 radical (unpaired) electrons. The molecule has 2 aromatic carbocycles. The number of carbonyl (C=O) groups is 2. The summed E-state index contributed by atoms with van der Waals surface area (Å²) in [6, 6.07) is 16.3. The van der Waals surface area contributed by atoms with Gasteiger partial charge in [-0.25, -0.2) is 4.79 Å². The predicted molar refractivity (Wildman–Crippen MR) is 91.1 cm³/mol. The van der Waals surface area contributed by atoms with Crippen molar-refractivity contribution >= 4 is 23.6 Å². The van der Waals surface area contributed by atoms with Crippen molar-refractivity contribution in [2.45, 2.75) is 13.8 Å². The maximum absolute atomic E-state index is 12.2. The van der Waals surface area contributed by atoms with Gasteiger partial charge in [0.15, 0.2) is 0 Å². The standard InChI is InChI=1S/C19H19NO3/c1-3-23-19(22)16-9-11-17(12-10-16)20-18(21)14(2)13-15-7-5-4-6-8-15/h4-13H,3H2,1-2H3,(H,20,21). The van der Waals surface area contributed by atoms with Crippen LogP contribution in [-0.4, -0.2) is 18.5 Å². The quantitative estimate of drug-likeness (QED) is 0.673. The fraction of sp³-hybridized carbons (Fsp3) is 0.158. The lowest BCUT2D eigenvalue weighted by Crippen LogP contribution is -2.12. The zero-order valence-corrected chi connectivity index (χ0v) is 13.2. The molecule has 0 aliphatic heterocycles. The fourth-order valence-electron chi connectivity index (χ4n) is 2.00. The monoisotopic (exact) mass is 309 g/mol. The molecule has 0 bridgehead atoms. The van der Waals surface area contributed by atoms with Crippen LogP contribution in [0.5, 0.6) is 0 Å². The topological polar surface area (TPSA) is 55.4 Å². The smallest absolute Gasteiger partial charge is 0.338 e. The van der Waals surface area contributed by atoms with E-state index in [-0.39, 0.29) is 11.9 Å². The lowest BCUT2D eigenvalue weighted by Gasteiger charge is -2.07. The Hall–Kier alpha value is -2.88. The molecule has 1 N–H and O–H groups in total. The van der Waals surface area contributed by atoms with E-state index in [9.17, 15) is 9.59 Å². The molecule has 0 saturated heterocycles. The number of carbonyl (C=O) groups excluding carboxylic acids is 2. The number of hydrogen-bond donors (Lipinski definition) is 1. The Kier molecular flexibility index (Phi) is 5.69. The van der Waals surface area contributed by atoms with E-state index in [4.69, 9.17) is 4.74 Å². The predicted octanol–water partition coefficient (Wildman–Crippen LogP) is 3.91. The molecule has 0 heterocycles. The van der Waals surface area contributed by atoms with Gasteiger partial charge in [-0.1, -0.05) is 30.3 Å². The summed E-state index contributed by atoms with van der Waals surface area (Å²) >= 11 is 0. The second-order valence-corrected chi connectivity index (χ2v) is 4.99. The minimum Gasteiger partial charge on any atom is -0.462 e. The van der Waals surface area contributed by atoms with Gasteiger partial charge in [0.05, 0.1) is 12.2 Å². The summed E-state index contributed by atoms with van der Waals surface area (Å²) in [5, 5.41) is 2.80. The number of benzene rings is 2. The van der Waals surface area contributed by atoms with E-state index in [1.54, 1.807) is 38.1 Å². The maximum atomic E-state index is 12.2. The van der Waals surface area contributed by atoms with E-state index in [2.05, 4.69) is 5.32 Å². The van der Waals surface area contributed by atoms with E-state index in [1.165, 1.54) is 0 Å². The van der Waals surface area contributed by atoms with Crippen LogP contribution in [0, 0.1) is 0 Å². The lowest BCUT2D eigenvalue weighted by atomic mass is 10.1. The van der Waals surface area contributed by atoms with Crippen molar-refractivity contribution in [2.24, 2.45) is 0 Å². The molecular formula is C19H19NO3. The third-order valence-corrected chi connectivity index (χ3v) is 3.19. The molecule has 0 aromatic heterocycles. The van der Waals surface area contributed by atoms with Gasteiger partial charge in [-0.15, -0.1) is 0 Å². The van der Waals surface area contributed by atoms with Crippen LogP contribution in [0.25, 0.3) is 6.08 Å². The first-order chi connectivity index (χ1) is 11.1. The molecule has 0 saturated carbocycles. The zero-order chi connectivity index (χ0) is 16.7. The molecule has 0 spiro atoms. The minimum absolute atomic E-state index is 0.183. The number of anilines is 1. The number of nitrogens with one attached hydrogen (secondary N) is 1. The van der Waals surface area contributed by atoms with Crippen molar-refractivity contribution in [2.75, 3.05) is 11.9 Å². The van der Waals surface area contributed by atoms with Crippen LogP contribution in [0.15, 0.2) is 60.2 Å². The summed E-state index contributed by atoms with van der Waals surface area (Å²) in [6.07, 6.45) is 1.82. The van der Waals surface area contributed by atoms with Gasteiger partial charge in [0.2, 0.25) is 0 Å². The van der Waals surface area contributed by atoms with Gasteiger partial charge in [0.1, 0.15) is 0 Å². The Morgan fingerprint density at radius 2 is 1.70 bits per heavy atom. The van der Waals surface area contributed by atoms with Crippen molar-refractivity contribution in [3.05, 3.63) is 71.3 Å². The van der Waals surface area contributed by atoms with E-state index < -0.39 is 0 Å². The van der Waals surface area contributed by atoms with E-state index in [0.29, 0.717) is 23.4 Å². The van der Waals surface area contributed by atoms with Crippen molar-refractivity contribution in [3.8, 4) is 0 Å². The molecule has 118 valence electrons. The zero-order valence-electron chi connectivity index (χ0n) is 13.2. The second kappa shape index (κ2) is 7.94. The van der Waals surface area contributed by atoms with E-state index >= 15 is 0 Å². The van der Waals surface area contributed by atoms with Crippen LogP contribution in [0.2, 0.25) is 0 Å². The van der Waals surface area contributed by atoms with Gasteiger partial charge in [-0.2, -0.15) is 0 Å². The van der Waals surface area contributed by atoms with Gasteiger partial charge in [-0.3, -0.25) is 4.79 Å². The Morgan fingerprint density at radius 3 is 2.30 bits per heavy atom. The highest BCUT2D eigenvalue weighted by atomic mass is 16.5. The third-order valence-electron chi connectivity index (χ3n) is 3.19. The molecule has 23 heavy (non-hydrogen) atoms. The Labute approximate surface area is 135 Å². The molecule has 0 unspecified atom stereocenters. The number of rotatable bonds is 5. The minimum atomic E-state index is -0.370. The molecule has 4 nitrogen and oxygen atoms in total. The van der Waals surface area contributed by atoms with Crippen LogP contribution < -0.4 is 5.32 Å². The van der Waals surface area contributed by atoms with Crippen LogP contribution in [0.1, 0.15) is 29.8 Å². The normalized spacial score (nSPS) is 11.0. The number of amides is 1. The Morgan fingerprint density at radius 1 is 1.04 bits per heavy atom. The summed E-state index contributed by atoms with van der Waals surface area (Å²) in [5.41, 5.74) is 2.66. The van der Waals surface area contributed by atoms with E-state index in [0.717, 1.165) is 5.56 Å². The average molecular weight is 309 g/mol. The molecular weight excluding hydrogens is 290 g/mol.